The summed E-state index contributed by atoms with van der Waals surface area (Å²) < 4.78 is 0. The largest absolute Gasteiger partial charge is 0.370 e. The van der Waals surface area contributed by atoms with Crippen molar-refractivity contribution in [2.45, 2.75) is 25.8 Å². The molecule has 1 aromatic rings. The topological polar surface area (TPSA) is 80.9 Å². The molecule has 0 aliphatic carbocycles. The van der Waals surface area contributed by atoms with Crippen molar-refractivity contribution in [2.24, 2.45) is 5.73 Å². The van der Waals surface area contributed by atoms with Crippen molar-refractivity contribution in [1.82, 2.24) is 9.97 Å². The monoisotopic (exact) mass is 262 g/mol. The molecule has 0 saturated heterocycles. The molecule has 1 aromatic heterocycles. The lowest BCUT2D eigenvalue weighted by molar-refractivity contribution is -0.118. The van der Waals surface area contributed by atoms with Crippen LogP contribution in [0, 0.1) is 0 Å². The maximum atomic E-state index is 10.8. The smallest absolute Gasteiger partial charge is 0.224 e. The zero-order chi connectivity index (χ0) is 12.3. The van der Waals surface area contributed by atoms with E-state index in [0.29, 0.717) is 10.8 Å². The number of halogens is 2. The van der Waals surface area contributed by atoms with Gasteiger partial charge in [-0.05, 0) is 25.4 Å². The van der Waals surface area contributed by atoms with E-state index in [9.17, 15) is 4.79 Å². The van der Waals surface area contributed by atoms with Crippen molar-refractivity contribution in [2.75, 3.05) is 5.32 Å². The summed E-state index contributed by atoms with van der Waals surface area (Å²) in [5, 5.41) is 3.41. The fraction of sp³-hybridized carbons (Fsp3) is 0.444. The number of carbonyl (C=O) groups is 1. The van der Waals surface area contributed by atoms with Crippen LogP contribution in [0.5, 0.6) is 0 Å². The van der Waals surface area contributed by atoms with E-state index < -0.39 is 11.4 Å². The van der Waals surface area contributed by atoms with Crippen LogP contribution in [-0.2, 0) is 4.79 Å². The van der Waals surface area contributed by atoms with E-state index >= 15 is 0 Å². The molecule has 88 valence electrons. The van der Waals surface area contributed by atoms with Gasteiger partial charge >= 0.3 is 0 Å². The molecule has 0 aromatic carbocycles. The molecule has 0 saturated carbocycles. The zero-order valence-electron chi connectivity index (χ0n) is 8.92. The van der Waals surface area contributed by atoms with Gasteiger partial charge in [-0.3, -0.25) is 4.79 Å². The van der Waals surface area contributed by atoms with Crippen LogP contribution in [-0.4, -0.2) is 21.4 Å². The first-order valence-corrected chi connectivity index (χ1v) is 5.30. The van der Waals surface area contributed by atoms with E-state index in [-0.39, 0.29) is 11.7 Å². The molecule has 1 rings (SSSR count). The van der Waals surface area contributed by atoms with Crippen LogP contribution in [0.4, 0.5) is 5.82 Å². The molecule has 5 nitrogen and oxygen atoms in total. The van der Waals surface area contributed by atoms with Crippen molar-refractivity contribution in [3.63, 3.8) is 0 Å². The molecular weight excluding hydrogens is 251 g/mol. The SMILES string of the molecule is CC(C)(CC(N)=O)Nc1nc(Cl)ncc1Cl. The minimum absolute atomic E-state index is 0.0850. The lowest BCUT2D eigenvalue weighted by atomic mass is 10.0. The fourth-order valence-electron chi connectivity index (χ4n) is 1.23. The van der Waals surface area contributed by atoms with Crippen molar-refractivity contribution in [3.05, 3.63) is 16.5 Å². The fourth-order valence-corrected chi connectivity index (χ4v) is 1.51. The Morgan fingerprint density at radius 2 is 2.19 bits per heavy atom. The molecule has 0 fully saturated rings. The normalized spacial score (nSPS) is 11.2. The molecule has 1 heterocycles. The predicted octanol–water partition coefficient (Wildman–Crippen LogP) is 1.85. The minimum atomic E-state index is -0.548. The Balaban J connectivity index is 2.86. The lowest BCUT2D eigenvalue weighted by Gasteiger charge is -2.25. The quantitative estimate of drug-likeness (QED) is 0.812. The number of anilines is 1. The Morgan fingerprint density at radius 3 is 2.75 bits per heavy atom. The Morgan fingerprint density at radius 1 is 1.56 bits per heavy atom. The molecule has 0 radical (unpaired) electrons. The highest BCUT2D eigenvalue weighted by molar-refractivity contribution is 6.33. The number of hydrogen-bond donors (Lipinski definition) is 2. The number of rotatable bonds is 4. The van der Waals surface area contributed by atoms with Gasteiger partial charge in [-0.25, -0.2) is 4.98 Å². The summed E-state index contributed by atoms with van der Waals surface area (Å²) in [6, 6.07) is 0. The van der Waals surface area contributed by atoms with Crippen LogP contribution in [0.2, 0.25) is 10.3 Å². The van der Waals surface area contributed by atoms with E-state index in [0.717, 1.165) is 0 Å². The van der Waals surface area contributed by atoms with Gasteiger partial charge in [0.25, 0.3) is 0 Å². The Kier molecular flexibility index (Phi) is 3.93. The summed E-state index contributed by atoms with van der Waals surface area (Å²) in [6.07, 6.45) is 1.55. The number of nitrogens with zero attached hydrogens (tertiary/aromatic N) is 2. The second kappa shape index (κ2) is 4.84. The highest BCUT2D eigenvalue weighted by Crippen LogP contribution is 2.24. The Bertz CT molecular complexity index is 408. The van der Waals surface area contributed by atoms with Crippen molar-refractivity contribution in [3.8, 4) is 0 Å². The van der Waals surface area contributed by atoms with Crippen molar-refractivity contribution < 1.29 is 4.79 Å². The van der Waals surface area contributed by atoms with Gasteiger partial charge in [0.05, 0.1) is 6.20 Å². The van der Waals surface area contributed by atoms with Gasteiger partial charge in [-0.15, -0.1) is 0 Å². The molecule has 0 bridgehead atoms. The van der Waals surface area contributed by atoms with Gasteiger partial charge in [0, 0.05) is 12.0 Å². The van der Waals surface area contributed by atoms with Gasteiger partial charge in [0.1, 0.15) is 10.8 Å². The first kappa shape index (κ1) is 13.0. The number of primary amides is 1. The van der Waals surface area contributed by atoms with Gasteiger partial charge in [-0.1, -0.05) is 11.6 Å². The summed E-state index contributed by atoms with van der Waals surface area (Å²) in [4.78, 5) is 18.5. The molecule has 0 aliphatic rings. The molecule has 0 spiro atoms. The van der Waals surface area contributed by atoms with E-state index in [1.165, 1.54) is 6.20 Å². The second-order valence-electron chi connectivity index (χ2n) is 3.99. The lowest BCUT2D eigenvalue weighted by Crippen LogP contribution is -2.36. The maximum absolute atomic E-state index is 10.8. The van der Waals surface area contributed by atoms with Crippen LogP contribution >= 0.6 is 23.2 Å². The van der Waals surface area contributed by atoms with Crippen molar-refractivity contribution in [1.29, 1.82) is 0 Å². The molecule has 0 unspecified atom stereocenters. The third-order valence-electron chi connectivity index (χ3n) is 1.79. The highest BCUT2D eigenvalue weighted by atomic mass is 35.5. The van der Waals surface area contributed by atoms with E-state index in [1.54, 1.807) is 0 Å². The maximum Gasteiger partial charge on any atom is 0.224 e. The number of nitrogens with one attached hydrogen (secondary N) is 1. The number of hydrogen-bond acceptors (Lipinski definition) is 4. The Hall–Kier alpha value is -1.07. The predicted molar refractivity (Wildman–Crippen MR) is 63.6 cm³/mol. The third kappa shape index (κ3) is 3.83. The summed E-state index contributed by atoms with van der Waals surface area (Å²) in [5.41, 5.74) is 4.58. The second-order valence-corrected chi connectivity index (χ2v) is 4.73. The van der Waals surface area contributed by atoms with Gasteiger partial charge < -0.3 is 11.1 Å². The number of aromatic nitrogens is 2. The average Bonchev–Trinajstić information content (AvgIpc) is 2.08. The molecular formula is C9H12Cl2N4O. The highest BCUT2D eigenvalue weighted by Gasteiger charge is 2.22. The number of nitrogens with two attached hydrogens (primary N) is 1. The Labute approximate surface area is 103 Å². The van der Waals surface area contributed by atoms with E-state index in [2.05, 4.69) is 15.3 Å². The van der Waals surface area contributed by atoms with Gasteiger partial charge in [0.2, 0.25) is 11.2 Å². The standard InChI is InChI=1S/C9H12Cl2N4O/c1-9(2,3-6(12)16)15-7-5(10)4-13-8(11)14-7/h4H,3H2,1-2H3,(H2,12,16)(H,13,14,15). The third-order valence-corrected chi connectivity index (χ3v) is 2.25. The molecule has 7 heteroatoms. The molecule has 0 atom stereocenters. The summed E-state index contributed by atoms with van der Waals surface area (Å²) in [6.45, 7) is 3.62. The van der Waals surface area contributed by atoms with E-state index in [1.807, 2.05) is 13.8 Å². The van der Waals surface area contributed by atoms with Gasteiger partial charge in [-0.2, -0.15) is 4.98 Å². The van der Waals surface area contributed by atoms with Gasteiger partial charge in [0.15, 0.2) is 0 Å². The zero-order valence-corrected chi connectivity index (χ0v) is 10.4. The van der Waals surface area contributed by atoms with Crippen molar-refractivity contribution >= 4 is 34.9 Å². The summed E-state index contributed by atoms with van der Waals surface area (Å²) >= 11 is 11.5. The van der Waals surface area contributed by atoms with Crippen LogP contribution in [0.15, 0.2) is 6.20 Å². The summed E-state index contributed by atoms with van der Waals surface area (Å²) in [7, 11) is 0. The molecule has 0 aliphatic heterocycles. The van der Waals surface area contributed by atoms with Crippen LogP contribution < -0.4 is 11.1 Å². The first-order chi connectivity index (χ1) is 7.30. The molecule has 16 heavy (non-hydrogen) atoms. The minimum Gasteiger partial charge on any atom is -0.370 e. The first-order valence-electron chi connectivity index (χ1n) is 4.55. The number of carbonyl (C=O) groups excluding carboxylic acids is 1. The molecule has 3 N–H and O–H groups in total. The van der Waals surface area contributed by atoms with Crippen LogP contribution in [0.1, 0.15) is 20.3 Å². The average molecular weight is 263 g/mol. The van der Waals surface area contributed by atoms with E-state index in [4.69, 9.17) is 28.9 Å². The van der Waals surface area contributed by atoms with Crippen LogP contribution in [0.3, 0.4) is 0 Å². The number of amides is 1. The summed E-state index contributed by atoms with van der Waals surface area (Å²) in [5.74, 6) is -0.0262. The molecule has 1 amide bonds. The van der Waals surface area contributed by atoms with Crippen LogP contribution in [0.25, 0.3) is 0 Å².